The molecule has 4 nitrogen and oxygen atoms in total. The minimum atomic E-state index is -0.251. The molecular formula is C25H24BrClN2O2. The molecule has 0 unspecified atom stereocenters. The number of hydrogen-bond acceptors (Lipinski definition) is 3. The number of benzene rings is 3. The van der Waals surface area contributed by atoms with Gasteiger partial charge in [-0.25, -0.2) is 5.43 Å². The van der Waals surface area contributed by atoms with Gasteiger partial charge in [-0.1, -0.05) is 56.6 Å². The summed E-state index contributed by atoms with van der Waals surface area (Å²) in [6.07, 6.45) is 1.59. The van der Waals surface area contributed by atoms with Gasteiger partial charge < -0.3 is 4.74 Å². The Hall–Kier alpha value is -2.63. The molecule has 0 heterocycles. The Balaban J connectivity index is 1.56. The zero-order valence-electron chi connectivity index (χ0n) is 17.7. The fourth-order valence-corrected chi connectivity index (χ4v) is 3.44. The molecule has 0 aliphatic carbocycles. The van der Waals surface area contributed by atoms with Crippen LogP contribution in [0.1, 0.15) is 47.8 Å². The van der Waals surface area contributed by atoms with Crippen LogP contribution in [0.5, 0.6) is 5.75 Å². The number of carbonyl (C=O) groups excluding carboxylic acids is 1. The van der Waals surface area contributed by atoms with Crippen LogP contribution < -0.4 is 10.2 Å². The SMILES string of the molecule is CC(C)(C)c1ccc(C(=O)N/N=C\c2ccc(OCc3ccc(Cl)cc3)c(Br)c2)cc1. The predicted molar refractivity (Wildman–Crippen MR) is 130 cm³/mol. The lowest BCUT2D eigenvalue weighted by Crippen LogP contribution is -2.18. The van der Waals surface area contributed by atoms with E-state index in [4.69, 9.17) is 16.3 Å². The summed E-state index contributed by atoms with van der Waals surface area (Å²) in [5.41, 5.74) is 6.21. The van der Waals surface area contributed by atoms with Gasteiger partial charge >= 0.3 is 0 Å². The second-order valence-corrected chi connectivity index (χ2v) is 9.42. The van der Waals surface area contributed by atoms with Crippen molar-refractivity contribution in [2.45, 2.75) is 32.8 Å². The number of rotatable bonds is 6. The molecule has 3 aromatic carbocycles. The molecule has 0 bridgehead atoms. The highest BCUT2D eigenvalue weighted by Crippen LogP contribution is 2.26. The summed E-state index contributed by atoms with van der Waals surface area (Å²) in [4.78, 5) is 12.3. The molecule has 3 rings (SSSR count). The molecule has 0 saturated heterocycles. The van der Waals surface area contributed by atoms with Crippen LogP contribution in [-0.4, -0.2) is 12.1 Å². The monoisotopic (exact) mass is 498 g/mol. The Morgan fingerprint density at radius 1 is 1.06 bits per heavy atom. The Morgan fingerprint density at radius 2 is 1.74 bits per heavy atom. The Kier molecular flexibility index (Phi) is 7.52. The maximum Gasteiger partial charge on any atom is 0.271 e. The summed E-state index contributed by atoms with van der Waals surface area (Å²) in [5, 5.41) is 4.76. The van der Waals surface area contributed by atoms with E-state index in [-0.39, 0.29) is 11.3 Å². The Labute approximate surface area is 196 Å². The molecule has 6 heteroatoms. The first-order valence-electron chi connectivity index (χ1n) is 9.83. The van der Waals surface area contributed by atoms with Gasteiger partial charge in [-0.3, -0.25) is 4.79 Å². The third kappa shape index (κ3) is 6.68. The van der Waals surface area contributed by atoms with E-state index in [2.05, 4.69) is 47.2 Å². The maximum atomic E-state index is 12.3. The summed E-state index contributed by atoms with van der Waals surface area (Å²) in [5.74, 6) is 0.466. The lowest BCUT2D eigenvalue weighted by atomic mass is 9.87. The van der Waals surface area contributed by atoms with Crippen LogP contribution in [0.15, 0.2) is 76.3 Å². The van der Waals surface area contributed by atoms with Gasteiger partial charge in [-0.2, -0.15) is 5.10 Å². The molecule has 0 radical (unpaired) electrons. The third-order valence-electron chi connectivity index (χ3n) is 4.66. The van der Waals surface area contributed by atoms with Crippen molar-refractivity contribution in [1.29, 1.82) is 0 Å². The minimum absolute atomic E-state index is 0.0469. The molecule has 0 aromatic heterocycles. The van der Waals surface area contributed by atoms with Crippen molar-refractivity contribution < 1.29 is 9.53 Å². The van der Waals surface area contributed by atoms with Crippen molar-refractivity contribution in [1.82, 2.24) is 5.43 Å². The van der Waals surface area contributed by atoms with E-state index in [1.807, 2.05) is 66.7 Å². The fraction of sp³-hybridized carbons (Fsp3) is 0.200. The highest BCUT2D eigenvalue weighted by Gasteiger charge is 2.14. The number of carbonyl (C=O) groups is 1. The molecule has 1 amide bonds. The molecule has 0 aliphatic rings. The molecule has 0 fully saturated rings. The van der Waals surface area contributed by atoms with Gasteiger partial charge in [-0.05, 0) is 80.5 Å². The van der Waals surface area contributed by atoms with Gasteiger partial charge in [-0.15, -0.1) is 0 Å². The second-order valence-electron chi connectivity index (χ2n) is 8.13. The van der Waals surface area contributed by atoms with Crippen LogP contribution in [0.25, 0.3) is 0 Å². The fourth-order valence-electron chi connectivity index (χ4n) is 2.81. The Bertz CT molecular complexity index is 1070. The molecule has 160 valence electrons. The average Bonchev–Trinajstić information content (AvgIpc) is 2.74. The van der Waals surface area contributed by atoms with Gasteiger partial charge in [0.2, 0.25) is 0 Å². The van der Waals surface area contributed by atoms with Crippen LogP contribution in [0, 0.1) is 0 Å². The Morgan fingerprint density at radius 3 is 2.35 bits per heavy atom. The third-order valence-corrected chi connectivity index (χ3v) is 5.53. The van der Waals surface area contributed by atoms with Crippen LogP contribution in [0.3, 0.4) is 0 Å². The average molecular weight is 500 g/mol. The number of nitrogens with zero attached hydrogens (tertiary/aromatic N) is 1. The highest BCUT2D eigenvalue weighted by atomic mass is 79.9. The first kappa shape index (κ1) is 23.0. The summed E-state index contributed by atoms with van der Waals surface area (Å²) >= 11 is 9.42. The summed E-state index contributed by atoms with van der Waals surface area (Å²) in [6, 6.07) is 20.7. The second kappa shape index (κ2) is 10.1. The first-order chi connectivity index (χ1) is 14.7. The zero-order chi connectivity index (χ0) is 22.4. The molecule has 0 atom stereocenters. The van der Waals surface area contributed by atoms with E-state index in [0.717, 1.165) is 21.3 Å². The number of hydrazone groups is 1. The number of halogens is 2. The van der Waals surface area contributed by atoms with Crippen molar-refractivity contribution in [2.24, 2.45) is 5.10 Å². The van der Waals surface area contributed by atoms with Crippen molar-refractivity contribution in [3.05, 3.63) is 98.5 Å². The zero-order valence-corrected chi connectivity index (χ0v) is 20.0. The van der Waals surface area contributed by atoms with Crippen LogP contribution >= 0.6 is 27.5 Å². The van der Waals surface area contributed by atoms with E-state index in [1.165, 1.54) is 5.56 Å². The normalized spacial score (nSPS) is 11.5. The lowest BCUT2D eigenvalue weighted by Gasteiger charge is -2.18. The summed E-state index contributed by atoms with van der Waals surface area (Å²) in [7, 11) is 0. The molecule has 31 heavy (non-hydrogen) atoms. The van der Waals surface area contributed by atoms with E-state index in [1.54, 1.807) is 6.21 Å². The summed E-state index contributed by atoms with van der Waals surface area (Å²) < 4.78 is 6.65. The molecule has 1 N–H and O–H groups in total. The smallest absolute Gasteiger partial charge is 0.271 e. The predicted octanol–water partition coefficient (Wildman–Crippen LogP) is 6.74. The molecule has 3 aromatic rings. The van der Waals surface area contributed by atoms with Gasteiger partial charge in [0, 0.05) is 10.6 Å². The van der Waals surface area contributed by atoms with Crippen LogP contribution in [-0.2, 0) is 12.0 Å². The van der Waals surface area contributed by atoms with Crippen LogP contribution in [0.4, 0.5) is 0 Å². The van der Waals surface area contributed by atoms with E-state index >= 15 is 0 Å². The van der Waals surface area contributed by atoms with E-state index < -0.39 is 0 Å². The number of hydrogen-bond donors (Lipinski definition) is 1. The number of ether oxygens (including phenoxy) is 1. The maximum absolute atomic E-state index is 12.3. The van der Waals surface area contributed by atoms with E-state index in [9.17, 15) is 4.79 Å². The van der Waals surface area contributed by atoms with Crippen molar-refractivity contribution in [2.75, 3.05) is 0 Å². The van der Waals surface area contributed by atoms with Crippen molar-refractivity contribution in [3.63, 3.8) is 0 Å². The number of nitrogens with one attached hydrogen (secondary N) is 1. The van der Waals surface area contributed by atoms with Crippen molar-refractivity contribution in [3.8, 4) is 5.75 Å². The summed E-state index contributed by atoms with van der Waals surface area (Å²) in [6.45, 7) is 6.85. The van der Waals surface area contributed by atoms with Gasteiger partial charge in [0.25, 0.3) is 5.91 Å². The van der Waals surface area contributed by atoms with Gasteiger partial charge in [0.1, 0.15) is 12.4 Å². The molecular weight excluding hydrogens is 476 g/mol. The van der Waals surface area contributed by atoms with Crippen LogP contribution in [0.2, 0.25) is 5.02 Å². The van der Waals surface area contributed by atoms with Gasteiger partial charge in [0.05, 0.1) is 10.7 Å². The quantitative estimate of drug-likeness (QED) is 0.301. The lowest BCUT2D eigenvalue weighted by molar-refractivity contribution is 0.0955. The topological polar surface area (TPSA) is 50.7 Å². The number of amides is 1. The first-order valence-corrected chi connectivity index (χ1v) is 11.0. The van der Waals surface area contributed by atoms with Gasteiger partial charge in [0.15, 0.2) is 0 Å². The minimum Gasteiger partial charge on any atom is -0.488 e. The highest BCUT2D eigenvalue weighted by molar-refractivity contribution is 9.10. The largest absolute Gasteiger partial charge is 0.488 e. The standard InChI is InChI=1S/C25H24BrClN2O2/c1-25(2,3)20-9-7-19(8-10-20)24(30)29-28-15-18-6-13-23(22(26)14-18)31-16-17-4-11-21(27)12-5-17/h4-15H,16H2,1-3H3,(H,29,30)/b28-15-. The van der Waals surface area contributed by atoms with E-state index in [0.29, 0.717) is 17.2 Å². The molecule has 0 saturated carbocycles. The molecule has 0 spiro atoms. The molecule has 0 aliphatic heterocycles. The van der Waals surface area contributed by atoms with Crippen molar-refractivity contribution >= 4 is 39.7 Å².